The fourth-order valence-electron chi connectivity index (χ4n) is 2.20. The number of hydrogen-bond donors (Lipinski definition) is 1. The van der Waals surface area contributed by atoms with Gasteiger partial charge in [0.15, 0.2) is 0 Å². The van der Waals surface area contributed by atoms with Crippen molar-refractivity contribution in [1.82, 2.24) is 0 Å². The largest absolute Gasteiger partial charge is 0.481 e. The Kier molecular flexibility index (Phi) is 5.20. The Morgan fingerprint density at radius 2 is 1.82 bits per heavy atom. The molecule has 0 spiro atoms. The molecule has 0 aromatic heterocycles. The summed E-state index contributed by atoms with van der Waals surface area (Å²) >= 11 is 0. The Hall–Kier alpha value is -1.31. The van der Waals surface area contributed by atoms with Crippen LogP contribution in [0.5, 0.6) is 0 Å². The summed E-state index contributed by atoms with van der Waals surface area (Å²) in [6, 6.07) is 8.30. The maximum atomic E-state index is 11.1. The van der Waals surface area contributed by atoms with E-state index in [2.05, 4.69) is 19.1 Å². The van der Waals surface area contributed by atoms with Crippen molar-refractivity contribution >= 4 is 5.97 Å². The van der Waals surface area contributed by atoms with Gasteiger partial charge in [-0.2, -0.15) is 0 Å². The lowest BCUT2D eigenvalue weighted by atomic mass is 9.88. The number of hydrogen-bond acceptors (Lipinski definition) is 1. The van der Waals surface area contributed by atoms with Crippen molar-refractivity contribution in [3.05, 3.63) is 35.4 Å². The molecule has 0 aliphatic heterocycles. The summed E-state index contributed by atoms with van der Waals surface area (Å²) in [6.07, 6.45) is 2.60. The molecular formula is C15H22O2. The van der Waals surface area contributed by atoms with Crippen LogP contribution in [0.4, 0.5) is 0 Å². The van der Waals surface area contributed by atoms with E-state index in [4.69, 9.17) is 5.11 Å². The molecule has 1 rings (SSSR count). The van der Waals surface area contributed by atoms with Gasteiger partial charge in [-0.1, -0.05) is 45.0 Å². The van der Waals surface area contributed by atoms with Crippen LogP contribution in [0.3, 0.4) is 0 Å². The number of carboxylic acids is 1. The zero-order valence-electron chi connectivity index (χ0n) is 10.9. The van der Waals surface area contributed by atoms with E-state index in [1.807, 2.05) is 26.0 Å². The number of carbonyl (C=O) groups is 1. The van der Waals surface area contributed by atoms with Crippen molar-refractivity contribution in [2.45, 2.75) is 40.0 Å². The first kappa shape index (κ1) is 13.8. The summed E-state index contributed by atoms with van der Waals surface area (Å²) in [4.78, 5) is 11.1. The van der Waals surface area contributed by atoms with E-state index in [1.54, 1.807) is 0 Å². The minimum atomic E-state index is -0.672. The molecule has 1 N–H and O–H groups in total. The minimum Gasteiger partial charge on any atom is -0.481 e. The first-order valence-electron chi connectivity index (χ1n) is 6.35. The van der Waals surface area contributed by atoms with Gasteiger partial charge < -0.3 is 5.11 Å². The highest BCUT2D eigenvalue weighted by Crippen LogP contribution is 2.20. The van der Waals surface area contributed by atoms with Crippen LogP contribution in [0.15, 0.2) is 24.3 Å². The molecule has 0 bridgehead atoms. The molecule has 0 heterocycles. The van der Waals surface area contributed by atoms with Crippen molar-refractivity contribution < 1.29 is 9.90 Å². The summed E-state index contributed by atoms with van der Waals surface area (Å²) in [5, 5.41) is 9.15. The second-order valence-electron chi connectivity index (χ2n) is 4.85. The zero-order chi connectivity index (χ0) is 12.8. The maximum Gasteiger partial charge on any atom is 0.306 e. The predicted molar refractivity (Wildman–Crippen MR) is 70.1 cm³/mol. The molecule has 1 unspecified atom stereocenters. The molecule has 94 valence electrons. The molecule has 2 heteroatoms. The van der Waals surface area contributed by atoms with E-state index in [-0.39, 0.29) is 11.8 Å². The smallest absolute Gasteiger partial charge is 0.306 e. The van der Waals surface area contributed by atoms with Gasteiger partial charge in [0.25, 0.3) is 0 Å². The van der Waals surface area contributed by atoms with E-state index in [0.29, 0.717) is 0 Å². The van der Waals surface area contributed by atoms with Crippen LogP contribution in [0.25, 0.3) is 0 Å². The monoisotopic (exact) mass is 234 g/mol. The van der Waals surface area contributed by atoms with Gasteiger partial charge >= 0.3 is 5.97 Å². The lowest BCUT2D eigenvalue weighted by molar-refractivity contribution is -0.143. The summed E-state index contributed by atoms with van der Waals surface area (Å²) < 4.78 is 0. The van der Waals surface area contributed by atoms with Crippen LogP contribution >= 0.6 is 0 Å². The van der Waals surface area contributed by atoms with Gasteiger partial charge in [-0.25, -0.2) is 0 Å². The van der Waals surface area contributed by atoms with E-state index in [9.17, 15) is 4.79 Å². The summed E-state index contributed by atoms with van der Waals surface area (Å²) in [7, 11) is 0. The molecule has 0 amide bonds. The summed E-state index contributed by atoms with van der Waals surface area (Å²) in [6.45, 7) is 6.09. The number of carboxylic acid groups (broad SMARTS) is 1. The highest BCUT2D eigenvalue weighted by molar-refractivity contribution is 5.70. The van der Waals surface area contributed by atoms with Crippen LogP contribution < -0.4 is 0 Å². The molecule has 0 aliphatic rings. The quantitative estimate of drug-likeness (QED) is 0.817. The second kappa shape index (κ2) is 6.43. The molecule has 0 saturated heterocycles. The number of rotatable bonds is 6. The lowest BCUT2D eigenvalue weighted by Crippen LogP contribution is -2.20. The van der Waals surface area contributed by atoms with Gasteiger partial charge in [0, 0.05) is 0 Å². The first-order valence-corrected chi connectivity index (χ1v) is 6.35. The van der Waals surface area contributed by atoms with Gasteiger partial charge in [0.05, 0.1) is 5.92 Å². The maximum absolute atomic E-state index is 11.1. The molecule has 1 aromatic rings. The molecule has 17 heavy (non-hydrogen) atoms. The van der Waals surface area contributed by atoms with Gasteiger partial charge in [-0.15, -0.1) is 0 Å². The standard InChI is InChI=1S/C15H22O2/c1-4-12-7-5-6-8-13(12)9-10-14(11(2)3)15(16)17/h5-8,11,14H,4,9-10H2,1-3H3,(H,16,17). The zero-order valence-corrected chi connectivity index (χ0v) is 10.9. The van der Waals surface area contributed by atoms with Crippen molar-refractivity contribution in [1.29, 1.82) is 0 Å². The fourth-order valence-corrected chi connectivity index (χ4v) is 2.20. The number of aryl methyl sites for hydroxylation is 2. The Morgan fingerprint density at radius 3 is 2.29 bits per heavy atom. The lowest BCUT2D eigenvalue weighted by Gasteiger charge is -2.16. The van der Waals surface area contributed by atoms with Gasteiger partial charge in [-0.05, 0) is 36.3 Å². The fraction of sp³-hybridized carbons (Fsp3) is 0.533. The average Bonchev–Trinajstić information content (AvgIpc) is 2.29. The highest BCUT2D eigenvalue weighted by Gasteiger charge is 2.21. The Morgan fingerprint density at radius 1 is 1.24 bits per heavy atom. The minimum absolute atomic E-state index is 0.196. The van der Waals surface area contributed by atoms with Gasteiger partial charge in [0.2, 0.25) is 0 Å². The average molecular weight is 234 g/mol. The normalized spacial score (nSPS) is 12.7. The molecule has 1 aromatic carbocycles. The van der Waals surface area contributed by atoms with Crippen molar-refractivity contribution in [2.24, 2.45) is 11.8 Å². The molecule has 0 saturated carbocycles. The van der Waals surface area contributed by atoms with Crippen LogP contribution in [-0.2, 0) is 17.6 Å². The number of benzene rings is 1. The molecule has 0 fully saturated rings. The molecular weight excluding hydrogens is 212 g/mol. The Labute approximate surface area is 104 Å². The van der Waals surface area contributed by atoms with Crippen LogP contribution in [-0.4, -0.2) is 11.1 Å². The van der Waals surface area contributed by atoms with Crippen molar-refractivity contribution in [2.75, 3.05) is 0 Å². The molecule has 1 atom stereocenters. The van der Waals surface area contributed by atoms with Crippen molar-refractivity contribution in [3.8, 4) is 0 Å². The first-order chi connectivity index (χ1) is 8.06. The summed E-state index contributed by atoms with van der Waals surface area (Å²) in [5.74, 6) is -0.713. The molecule has 0 radical (unpaired) electrons. The highest BCUT2D eigenvalue weighted by atomic mass is 16.4. The van der Waals surface area contributed by atoms with Gasteiger partial charge in [-0.3, -0.25) is 4.79 Å². The predicted octanol–water partition coefficient (Wildman–Crippen LogP) is 3.54. The van der Waals surface area contributed by atoms with Gasteiger partial charge in [0.1, 0.15) is 0 Å². The van der Waals surface area contributed by atoms with E-state index in [1.165, 1.54) is 11.1 Å². The van der Waals surface area contributed by atoms with E-state index >= 15 is 0 Å². The SMILES string of the molecule is CCc1ccccc1CCC(C(=O)O)C(C)C. The van der Waals surface area contributed by atoms with Crippen LogP contribution in [0.2, 0.25) is 0 Å². The summed E-state index contributed by atoms with van der Waals surface area (Å²) in [5.41, 5.74) is 2.63. The van der Waals surface area contributed by atoms with Crippen LogP contribution in [0.1, 0.15) is 38.3 Å². The number of aliphatic carboxylic acids is 1. The third kappa shape index (κ3) is 3.88. The molecule has 2 nitrogen and oxygen atoms in total. The Balaban J connectivity index is 2.68. The van der Waals surface area contributed by atoms with E-state index < -0.39 is 5.97 Å². The third-order valence-corrected chi connectivity index (χ3v) is 3.35. The Bertz CT molecular complexity index is 369. The van der Waals surface area contributed by atoms with E-state index in [0.717, 1.165) is 19.3 Å². The van der Waals surface area contributed by atoms with Crippen LogP contribution in [0, 0.1) is 11.8 Å². The topological polar surface area (TPSA) is 37.3 Å². The third-order valence-electron chi connectivity index (χ3n) is 3.35. The second-order valence-corrected chi connectivity index (χ2v) is 4.85. The van der Waals surface area contributed by atoms with Crippen molar-refractivity contribution in [3.63, 3.8) is 0 Å². The molecule has 0 aliphatic carbocycles.